The molecule has 0 saturated heterocycles. The summed E-state index contributed by atoms with van der Waals surface area (Å²) in [6, 6.07) is 8.92. The number of hydrogen-bond donors (Lipinski definition) is 1. The van der Waals surface area contributed by atoms with Crippen LogP contribution in [0, 0.1) is 0 Å². The highest BCUT2D eigenvalue weighted by molar-refractivity contribution is 5.80. The van der Waals surface area contributed by atoms with Crippen LogP contribution in [0.2, 0.25) is 0 Å². The maximum atomic E-state index is 3.18. The fourth-order valence-electron chi connectivity index (χ4n) is 1.96. The summed E-state index contributed by atoms with van der Waals surface area (Å²) >= 11 is 0. The fourth-order valence-corrected chi connectivity index (χ4v) is 1.96. The second kappa shape index (κ2) is 4.49. The Hall–Kier alpha value is -1.28. The Morgan fingerprint density at radius 3 is 2.93 bits per heavy atom. The molecule has 0 atom stereocenters. The van der Waals surface area contributed by atoms with E-state index in [0.29, 0.717) is 0 Å². The molecule has 2 heteroatoms. The predicted octanol–water partition coefficient (Wildman–Crippen LogP) is 2.33. The normalized spacial score (nSPS) is 11.1. The Labute approximate surface area is 90.9 Å². The Morgan fingerprint density at radius 1 is 1.27 bits per heavy atom. The van der Waals surface area contributed by atoms with E-state index in [4.69, 9.17) is 0 Å². The van der Waals surface area contributed by atoms with Gasteiger partial charge in [0.15, 0.2) is 0 Å². The highest BCUT2D eigenvalue weighted by Crippen LogP contribution is 2.17. The van der Waals surface area contributed by atoms with Crippen molar-refractivity contribution < 1.29 is 0 Å². The van der Waals surface area contributed by atoms with E-state index in [0.717, 1.165) is 13.0 Å². The number of fused-ring (bicyclic) bond motifs is 1. The van der Waals surface area contributed by atoms with Crippen LogP contribution < -0.4 is 5.32 Å². The summed E-state index contributed by atoms with van der Waals surface area (Å²) in [5.74, 6) is 0. The summed E-state index contributed by atoms with van der Waals surface area (Å²) in [5, 5.41) is 4.52. The maximum Gasteiger partial charge on any atom is 0.0477 e. The molecule has 0 fully saturated rings. The zero-order valence-corrected chi connectivity index (χ0v) is 9.46. The van der Waals surface area contributed by atoms with Crippen LogP contribution in [0.25, 0.3) is 10.9 Å². The minimum Gasteiger partial charge on any atom is -0.351 e. The summed E-state index contributed by atoms with van der Waals surface area (Å²) in [5.41, 5.74) is 2.75. The molecule has 0 saturated carbocycles. The zero-order chi connectivity index (χ0) is 10.7. The molecule has 2 aromatic rings. The summed E-state index contributed by atoms with van der Waals surface area (Å²) in [4.78, 5) is 0. The fraction of sp³-hybridized carbons (Fsp3) is 0.385. The number of nitrogens with one attached hydrogen (secondary N) is 1. The number of nitrogens with zero attached hydrogens (tertiary/aromatic N) is 1. The lowest BCUT2D eigenvalue weighted by Gasteiger charge is -2.02. The van der Waals surface area contributed by atoms with E-state index in [2.05, 4.69) is 47.4 Å². The van der Waals surface area contributed by atoms with Gasteiger partial charge in [0.25, 0.3) is 0 Å². The molecule has 0 radical (unpaired) electrons. The highest BCUT2D eigenvalue weighted by Gasteiger charge is 1.99. The third kappa shape index (κ3) is 2.21. The Balaban J connectivity index is 2.16. The van der Waals surface area contributed by atoms with Crippen LogP contribution in [0.3, 0.4) is 0 Å². The van der Waals surface area contributed by atoms with Gasteiger partial charge in [0, 0.05) is 18.8 Å². The molecular weight excluding hydrogens is 184 g/mol. The Bertz CT molecular complexity index is 443. The van der Waals surface area contributed by atoms with Gasteiger partial charge in [-0.25, -0.2) is 0 Å². The van der Waals surface area contributed by atoms with Gasteiger partial charge in [-0.3, -0.25) is 0 Å². The minimum atomic E-state index is 1.09. The number of hydrogen-bond acceptors (Lipinski definition) is 1. The van der Waals surface area contributed by atoms with Crippen molar-refractivity contribution in [2.45, 2.75) is 12.8 Å². The molecule has 0 aliphatic heterocycles. The summed E-state index contributed by atoms with van der Waals surface area (Å²) < 4.78 is 2.16. The molecule has 2 rings (SSSR count). The first-order chi connectivity index (χ1) is 7.31. The lowest BCUT2D eigenvalue weighted by Crippen LogP contribution is -2.08. The highest BCUT2D eigenvalue weighted by atomic mass is 14.9. The van der Waals surface area contributed by atoms with Crippen LogP contribution in [-0.4, -0.2) is 18.2 Å². The van der Waals surface area contributed by atoms with Gasteiger partial charge in [0.1, 0.15) is 0 Å². The van der Waals surface area contributed by atoms with Crippen LogP contribution in [-0.2, 0) is 13.5 Å². The van der Waals surface area contributed by atoms with E-state index < -0.39 is 0 Å². The Kier molecular flexibility index (Phi) is 3.07. The van der Waals surface area contributed by atoms with Crippen LogP contribution in [0.4, 0.5) is 0 Å². The number of aromatic nitrogens is 1. The maximum absolute atomic E-state index is 3.18. The van der Waals surface area contributed by atoms with Gasteiger partial charge in [-0.05, 0) is 55.6 Å². The monoisotopic (exact) mass is 202 g/mol. The minimum absolute atomic E-state index is 1.09. The molecule has 1 heterocycles. The number of aryl methyl sites for hydroxylation is 2. The molecule has 0 spiro atoms. The second-order valence-electron chi connectivity index (χ2n) is 4.03. The lowest BCUT2D eigenvalue weighted by atomic mass is 10.1. The van der Waals surface area contributed by atoms with Crippen molar-refractivity contribution in [3.8, 4) is 0 Å². The molecule has 0 bridgehead atoms. The third-order valence-electron chi connectivity index (χ3n) is 2.84. The van der Waals surface area contributed by atoms with Gasteiger partial charge in [-0.15, -0.1) is 0 Å². The molecule has 0 aliphatic carbocycles. The van der Waals surface area contributed by atoms with Gasteiger partial charge >= 0.3 is 0 Å². The number of benzene rings is 1. The molecule has 0 unspecified atom stereocenters. The quantitative estimate of drug-likeness (QED) is 0.753. The first-order valence-corrected chi connectivity index (χ1v) is 5.50. The summed E-state index contributed by atoms with van der Waals surface area (Å²) in [6.45, 7) is 1.09. The van der Waals surface area contributed by atoms with Crippen molar-refractivity contribution >= 4 is 10.9 Å². The molecule has 1 N–H and O–H groups in total. The molecule has 0 amide bonds. The van der Waals surface area contributed by atoms with Gasteiger partial charge in [-0.1, -0.05) is 6.07 Å². The van der Waals surface area contributed by atoms with E-state index >= 15 is 0 Å². The molecular formula is C13H18N2. The van der Waals surface area contributed by atoms with Crippen molar-refractivity contribution in [3.05, 3.63) is 36.0 Å². The van der Waals surface area contributed by atoms with E-state index in [-0.39, 0.29) is 0 Å². The smallest absolute Gasteiger partial charge is 0.0477 e. The van der Waals surface area contributed by atoms with Crippen molar-refractivity contribution in [1.29, 1.82) is 0 Å². The van der Waals surface area contributed by atoms with Crippen molar-refractivity contribution in [1.82, 2.24) is 9.88 Å². The van der Waals surface area contributed by atoms with Crippen LogP contribution in [0.1, 0.15) is 12.0 Å². The van der Waals surface area contributed by atoms with E-state index in [1.165, 1.54) is 22.9 Å². The van der Waals surface area contributed by atoms with Gasteiger partial charge in [-0.2, -0.15) is 0 Å². The van der Waals surface area contributed by atoms with Crippen molar-refractivity contribution in [2.24, 2.45) is 7.05 Å². The van der Waals surface area contributed by atoms with Gasteiger partial charge in [0.05, 0.1) is 0 Å². The van der Waals surface area contributed by atoms with Crippen molar-refractivity contribution in [2.75, 3.05) is 13.6 Å². The molecule has 1 aromatic carbocycles. The number of rotatable bonds is 4. The largest absolute Gasteiger partial charge is 0.351 e. The van der Waals surface area contributed by atoms with E-state index in [1.807, 2.05) is 7.05 Å². The summed E-state index contributed by atoms with van der Waals surface area (Å²) in [6.07, 6.45) is 4.47. The third-order valence-corrected chi connectivity index (χ3v) is 2.84. The SMILES string of the molecule is CNCCCc1ccc2c(ccn2C)c1. The van der Waals surface area contributed by atoms with Crippen LogP contribution >= 0.6 is 0 Å². The zero-order valence-electron chi connectivity index (χ0n) is 9.46. The average Bonchev–Trinajstić information content (AvgIpc) is 2.61. The van der Waals surface area contributed by atoms with E-state index in [1.54, 1.807) is 0 Å². The van der Waals surface area contributed by atoms with E-state index in [9.17, 15) is 0 Å². The first-order valence-electron chi connectivity index (χ1n) is 5.50. The molecule has 2 nitrogen and oxygen atoms in total. The molecule has 1 aromatic heterocycles. The van der Waals surface area contributed by atoms with Crippen molar-refractivity contribution in [3.63, 3.8) is 0 Å². The molecule has 15 heavy (non-hydrogen) atoms. The average molecular weight is 202 g/mol. The lowest BCUT2D eigenvalue weighted by molar-refractivity contribution is 0.725. The second-order valence-corrected chi connectivity index (χ2v) is 4.03. The van der Waals surface area contributed by atoms with Gasteiger partial charge in [0.2, 0.25) is 0 Å². The van der Waals surface area contributed by atoms with Gasteiger partial charge < -0.3 is 9.88 Å². The van der Waals surface area contributed by atoms with Crippen LogP contribution in [0.15, 0.2) is 30.5 Å². The molecule has 0 aliphatic rings. The first kappa shape index (κ1) is 10.2. The Morgan fingerprint density at radius 2 is 2.13 bits per heavy atom. The predicted molar refractivity (Wildman–Crippen MR) is 65.2 cm³/mol. The topological polar surface area (TPSA) is 17.0 Å². The standard InChI is InChI=1S/C13H18N2/c1-14-8-3-4-11-5-6-13-12(10-11)7-9-15(13)2/h5-7,9-10,14H,3-4,8H2,1-2H3. The molecule has 80 valence electrons. The van der Waals surface area contributed by atoms with Crippen LogP contribution in [0.5, 0.6) is 0 Å². The summed E-state index contributed by atoms with van der Waals surface area (Å²) in [7, 11) is 4.09.